The van der Waals surface area contributed by atoms with Crippen molar-refractivity contribution in [3.63, 3.8) is 0 Å². The van der Waals surface area contributed by atoms with Gasteiger partial charge >= 0.3 is 5.97 Å². The molecule has 0 amide bonds. The number of phenolic OH excluding ortho intramolecular Hbond substituents is 1. The van der Waals surface area contributed by atoms with Gasteiger partial charge in [0, 0.05) is 11.6 Å². The predicted octanol–water partition coefficient (Wildman–Crippen LogP) is 2.98. The average Bonchev–Trinajstić information content (AvgIpc) is 2.32. The zero-order chi connectivity index (χ0) is 13.4. The maximum Gasteiger partial charge on any atom is 0.307 e. The van der Waals surface area contributed by atoms with Gasteiger partial charge in [-0.25, -0.2) is 0 Å². The first-order valence-corrected chi connectivity index (χ1v) is 6.30. The number of ether oxygens (including phenoxy) is 1. The largest absolute Gasteiger partial charge is 0.508 e. The summed E-state index contributed by atoms with van der Waals surface area (Å²) in [6, 6.07) is 4.75. The Bertz CT molecular complexity index is 387. The van der Waals surface area contributed by atoms with Gasteiger partial charge in [0.1, 0.15) is 11.5 Å². The Morgan fingerprint density at radius 1 is 1.28 bits per heavy atom. The van der Waals surface area contributed by atoms with E-state index in [1.165, 1.54) is 18.9 Å². The first kappa shape index (κ1) is 14.4. The zero-order valence-electron chi connectivity index (χ0n) is 10.7. The Labute approximate surface area is 107 Å². The molecule has 0 bridgehead atoms. The third-order valence-electron chi connectivity index (χ3n) is 2.67. The maximum atomic E-state index is 10.5. The minimum absolute atomic E-state index is 0.0246. The number of hydrogen-bond donors (Lipinski definition) is 2. The van der Waals surface area contributed by atoms with E-state index in [0.29, 0.717) is 17.9 Å². The number of phenols is 1. The number of hydrogen-bond acceptors (Lipinski definition) is 3. The van der Waals surface area contributed by atoms with Crippen molar-refractivity contribution in [1.29, 1.82) is 0 Å². The molecule has 0 aliphatic rings. The van der Waals surface area contributed by atoms with Crippen molar-refractivity contribution in [3.8, 4) is 11.5 Å². The van der Waals surface area contributed by atoms with E-state index in [-0.39, 0.29) is 12.2 Å². The smallest absolute Gasteiger partial charge is 0.307 e. The van der Waals surface area contributed by atoms with E-state index >= 15 is 0 Å². The molecule has 4 heteroatoms. The average molecular weight is 252 g/mol. The highest BCUT2D eigenvalue weighted by Gasteiger charge is 2.07. The number of benzene rings is 1. The van der Waals surface area contributed by atoms with Gasteiger partial charge in [0.25, 0.3) is 0 Å². The number of unbranched alkanes of at least 4 members (excludes halogenated alkanes) is 3. The van der Waals surface area contributed by atoms with Crippen LogP contribution in [0.2, 0.25) is 0 Å². The highest BCUT2D eigenvalue weighted by atomic mass is 16.5. The molecule has 1 rings (SSSR count). The monoisotopic (exact) mass is 252 g/mol. The quantitative estimate of drug-likeness (QED) is 0.698. The van der Waals surface area contributed by atoms with E-state index in [1.54, 1.807) is 12.1 Å². The lowest BCUT2D eigenvalue weighted by molar-refractivity contribution is -0.136. The third-order valence-corrected chi connectivity index (χ3v) is 2.67. The second-order valence-electron chi connectivity index (χ2n) is 4.27. The Balaban J connectivity index is 2.43. The van der Waals surface area contributed by atoms with Crippen LogP contribution in [-0.2, 0) is 11.2 Å². The van der Waals surface area contributed by atoms with Crippen molar-refractivity contribution in [1.82, 2.24) is 0 Å². The minimum atomic E-state index is -0.960. The topological polar surface area (TPSA) is 66.8 Å². The second-order valence-corrected chi connectivity index (χ2v) is 4.27. The van der Waals surface area contributed by atoms with Gasteiger partial charge in [0.15, 0.2) is 0 Å². The normalized spacial score (nSPS) is 10.3. The van der Waals surface area contributed by atoms with Gasteiger partial charge in [-0.3, -0.25) is 4.79 Å². The van der Waals surface area contributed by atoms with Crippen LogP contribution in [0.15, 0.2) is 18.2 Å². The summed E-state index contributed by atoms with van der Waals surface area (Å²) in [5.74, 6) is -0.403. The lowest BCUT2D eigenvalue weighted by atomic mass is 10.1. The van der Waals surface area contributed by atoms with Crippen LogP contribution in [0.3, 0.4) is 0 Å². The molecule has 1 aromatic rings. The zero-order valence-corrected chi connectivity index (χ0v) is 10.7. The van der Waals surface area contributed by atoms with E-state index in [0.717, 1.165) is 12.8 Å². The fourth-order valence-electron chi connectivity index (χ4n) is 1.66. The minimum Gasteiger partial charge on any atom is -0.508 e. The number of rotatable bonds is 8. The Morgan fingerprint density at radius 2 is 2.06 bits per heavy atom. The van der Waals surface area contributed by atoms with Crippen molar-refractivity contribution in [2.24, 2.45) is 0 Å². The number of carbonyl (C=O) groups is 1. The molecule has 0 heterocycles. The van der Waals surface area contributed by atoms with Crippen LogP contribution in [0, 0.1) is 0 Å². The molecule has 0 aliphatic carbocycles. The molecule has 100 valence electrons. The van der Waals surface area contributed by atoms with Gasteiger partial charge in [-0.05, 0) is 12.5 Å². The van der Waals surface area contributed by atoms with Crippen molar-refractivity contribution >= 4 is 5.97 Å². The maximum absolute atomic E-state index is 10.5. The van der Waals surface area contributed by atoms with E-state index in [1.807, 2.05) is 0 Å². The molecule has 1 aromatic carbocycles. The van der Waals surface area contributed by atoms with Crippen LogP contribution < -0.4 is 4.74 Å². The molecule has 18 heavy (non-hydrogen) atoms. The molecule has 0 saturated heterocycles. The summed E-state index contributed by atoms with van der Waals surface area (Å²) < 4.78 is 5.49. The molecule has 0 radical (unpaired) electrons. The molecule has 0 aromatic heterocycles. The van der Waals surface area contributed by atoms with Crippen LogP contribution in [0.4, 0.5) is 0 Å². The Morgan fingerprint density at radius 3 is 2.67 bits per heavy atom. The van der Waals surface area contributed by atoms with Crippen molar-refractivity contribution in [2.45, 2.75) is 39.0 Å². The molecule has 0 spiro atoms. The van der Waals surface area contributed by atoms with E-state index in [4.69, 9.17) is 9.84 Å². The highest BCUT2D eigenvalue weighted by Crippen LogP contribution is 2.24. The van der Waals surface area contributed by atoms with E-state index in [2.05, 4.69) is 6.92 Å². The van der Waals surface area contributed by atoms with Gasteiger partial charge in [0.2, 0.25) is 0 Å². The van der Waals surface area contributed by atoms with E-state index < -0.39 is 5.97 Å². The van der Waals surface area contributed by atoms with E-state index in [9.17, 15) is 9.90 Å². The van der Waals surface area contributed by atoms with Crippen LogP contribution in [0.5, 0.6) is 11.5 Å². The molecule has 0 unspecified atom stereocenters. The summed E-state index contributed by atoms with van der Waals surface area (Å²) in [4.78, 5) is 10.5. The molecule has 4 nitrogen and oxygen atoms in total. The summed E-state index contributed by atoms with van der Waals surface area (Å²) in [6.07, 6.45) is 4.34. The first-order chi connectivity index (χ1) is 8.63. The molecule has 0 atom stereocenters. The first-order valence-electron chi connectivity index (χ1n) is 6.30. The van der Waals surface area contributed by atoms with Crippen LogP contribution >= 0.6 is 0 Å². The SMILES string of the molecule is CCCCCCOc1ccc(CC(=O)O)c(O)c1. The van der Waals surface area contributed by atoms with Gasteiger partial charge < -0.3 is 14.9 Å². The number of aromatic hydroxyl groups is 1. The van der Waals surface area contributed by atoms with Crippen molar-refractivity contribution in [3.05, 3.63) is 23.8 Å². The van der Waals surface area contributed by atoms with Crippen LogP contribution in [-0.4, -0.2) is 22.8 Å². The summed E-state index contributed by atoms with van der Waals surface area (Å²) in [7, 11) is 0. The predicted molar refractivity (Wildman–Crippen MR) is 69.1 cm³/mol. The van der Waals surface area contributed by atoms with Gasteiger partial charge in [0.05, 0.1) is 13.0 Å². The van der Waals surface area contributed by atoms with Gasteiger partial charge in [-0.15, -0.1) is 0 Å². The second kappa shape index (κ2) is 7.58. The summed E-state index contributed by atoms with van der Waals surface area (Å²) in [5.41, 5.74) is 0.404. The lowest BCUT2D eigenvalue weighted by Gasteiger charge is -2.08. The van der Waals surface area contributed by atoms with Crippen molar-refractivity contribution in [2.75, 3.05) is 6.61 Å². The molecule has 0 saturated carbocycles. The number of aliphatic carboxylic acids is 1. The molecular weight excluding hydrogens is 232 g/mol. The Kier molecular flexibility index (Phi) is 6.05. The van der Waals surface area contributed by atoms with Gasteiger partial charge in [-0.1, -0.05) is 32.3 Å². The third kappa shape index (κ3) is 5.08. The molecule has 0 fully saturated rings. The van der Waals surface area contributed by atoms with Crippen molar-refractivity contribution < 1.29 is 19.7 Å². The Hall–Kier alpha value is -1.71. The standard InChI is InChI=1S/C14H20O4/c1-2-3-4-5-8-18-12-7-6-11(9-14(16)17)13(15)10-12/h6-7,10,15H,2-5,8-9H2,1H3,(H,16,17). The fourth-order valence-corrected chi connectivity index (χ4v) is 1.66. The molecule has 0 aliphatic heterocycles. The summed E-state index contributed by atoms with van der Waals surface area (Å²) in [6.45, 7) is 2.78. The summed E-state index contributed by atoms with van der Waals surface area (Å²) in [5, 5.41) is 18.3. The summed E-state index contributed by atoms with van der Waals surface area (Å²) >= 11 is 0. The number of carboxylic acid groups (broad SMARTS) is 1. The molecular formula is C14H20O4. The fraction of sp³-hybridized carbons (Fsp3) is 0.500. The lowest BCUT2D eigenvalue weighted by Crippen LogP contribution is -2.01. The molecule has 2 N–H and O–H groups in total. The highest BCUT2D eigenvalue weighted by molar-refractivity contribution is 5.71. The van der Waals surface area contributed by atoms with Crippen LogP contribution in [0.25, 0.3) is 0 Å². The number of carboxylic acids is 1. The van der Waals surface area contributed by atoms with Crippen LogP contribution in [0.1, 0.15) is 38.2 Å². The van der Waals surface area contributed by atoms with Gasteiger partial charge in [-0.2, -0.15) is 0 Å².